The molecule has 2 atom stereocenters. The third-order valence-electron chi connectivity index (χ3n) is 4.65. The molecule has 1 aliphatic heterocycles. The van der Waals surface area contributed by atoms with Crippen LogP contribution < -0.4 is 14.8 Å². The Morgan fingerprint density at radius 1 is 1.33 bits per heavy atom. The highest BCUT2D eigenvalue weighted by molar-refractivity contribution is 5.79. The van der Waals surface area contributed by atoms with Crippen LogP contribution in [-0.2, 0) is 6.54 Å². The smallest absolute Gasteiger partial charge is 0.231 e. The third kappa shape index (κ3) is 3.93. The molecule has 0 spiro atoms. The van der Waals surface area contributed by atoms with Crippen molar-refractivity contribution in [2.45, 2.75) is 38.8 Å². The first-order valence-electron chi connectivity index (χ1n) is 8.73. The Balaban J connectivity index is 1.64. The number of rotatable bonds is 5. The van der Waals surface area contributed by atoms with Gasteiger partial charge in [-0.15, -0.1) is 0 Å². The van der Waals surface area contributed by atoms with Gasteiger partial charge in [0, 0.05) is 32.6 Å². The van der Waals surface area contributed by atoms with Crippen molar-refractivity contribution in [3.8, 4) is 11.5 Å². The Morgan fingerprint density at radius 3 is 2.92 bits per heavy atom. The number of hydrogen-bond acceptors (Lipinski definition) is 4. The molecule has 1 heterocycles. The summed E-state index contributed by atoms with van der Waals surface area (Å²) in [4.78, 5) is 6.83. The predicted octanol–water partition coefficient (Wildman–Crippen LogP) is 1.97. The molecule has 1 saturated carbocycles. The van der Waals surface area contributed by atoms with Crippen LogP contribution >= 0.6 is 0 Å². The van der Waals surface area contributed by atoms with Crippen LogP contribution in [0.5, 0.6) is 11.5 Å². The number of ether oxygens (including phenoxy) is 2. The Kier molecular flexibility index (Phi) is 5.45. The van der Waals surface area contributed by atoms with E-state index in [0.717, 1.165) is 55.4 Å². The quantitative estimate of drug-likeness (QED) is 0.637. The minimum atomic E-state index is -0.198. The van der Waals surface area contributed by atoms with E-state index in [0.29, 0.717) is 13.3 Å². The summed E-state index contributed by atoms with van der Waals surface area (Å²) in [5.41, 5.74) is 1.15. The molecule has 6 nitrogen and oxygen atoms in total. The van der Waals surface area contributed by atoms with Gasteiger partial charge in [-0.1, -0.05) is 12.5 Å². The summed E-state index contributed by atoms with van der Waals surface area (Å²) >= 11 is 0. The molecule has 0 aromatic heterocycles. The highest BCUT2D eigenvalue weighted by Gasteiger charge is 2.25. The fraction of sp³-hybridized carbons (Fsp3) is 0.611. The van der Waals surface area contributed by atoms with Gasteiger partial charge in [0.15, 0.2) is 17.5 Å². The molecule has 1 aliphatic carbocycles. The van der Waals surface area contributed by atoms with E-state index >= 15 is 0 Å². The highest BCUT2D eigenvalue weighted by atomic mass is 16.7. The Morgan fingerprint density at radius 2 is 2.17 bits per heavy atom. The molecule has 2 N–H and O–H groups in total. The van der Waals surface area contributed by atoms with E-state index in [1.54, 1.807) is 0 Å². The van der Waals surface area contributed by atoms with Crippen molar-refractivity contribution in [2.75, 3.05) is 26.9 Å². The van der Waals surface area contributed by atoms with Crippen molar-refractivity contribution in [1.82, 2.24) is 10.2 Å². The van der Waals surface area contributed by atoms with Crippen LogP contribution in [0.1, 0.15) is 31.7 Å². The largest absolute Gasteiger partial charge is 0.454 e. The summed E-state index contributed by atoms with van der Waals surface area (Å²) in [6.45, 7) is 4.58. The zero-order valence-corrected chi connectivity index (χ0v) is 14.5. The molecule has 0 saturated heterocycles. The lowest BCUT2D eigenvalue weighted by Crippen LogP contribution is -2.39. The maximum absolute atomic E-state index is 9.97. The highest BCUT2D eigenvalue weighted by Crippen LogP contribution is 2.32. The first-order chi connectivity index (χ1) is 11.7. The Bertz CT molecular complexity index is 591. The van der Waals surface area contributed by atoms with Crippen LogP contribution in [0, 0.1) is 5.92 Å². The molecule has 132 valence electrons. The zero-order chi connectivity index (χ0) is 16.9. The molecule has 2 unspecified atom stereocenters. The third-order valence-corrected chi connectivity index (χ3v) is 4.65. The van der Waals surface area contributed by atoms with E-state index in [-0.39, 0.29) is 12.0 Å². The van der Waals surface area contributed by atoms with Gasteiger partial charge in [-0.2, -0.15) is 0 Å². The van der Waals surface area contributed by atoms with E-state index in [1.807, 2.05) is 25.2 Å². The second kappa shape index (κ2) is 7.75. The van der Waals surface area contributed by atoms with E-state index in [2.05, 4.69) is 17.1 Å². The minimum absolute atomic E-state index is 0.198. The van der Waals surface area contributed by atoms with Gasteiger partial charge in [0.05, 0.1) is 6.10 Å². The van der Waals surface area contributed by atoms with Gasteiger partial charge in [0.1, 0.15) is 0 Å². The van der Waals surface area contributed by atoms with Crippen LogP contribution in [-0.4, -0.2) is 49.0 Å². The number of fused-ring (bicyclic) bond motifs is 1. The first-order valence-corrected chi connectivity index (χ1v) is 8.73. The van der Waals surface area contributed by atoms with Gasteiger partial charge in [-0.05, 0) is 37.5 Å². The van der Waals surface area contributed by atoms with Crippen molar-refractivity contribution < 1.29 is 14.6 Å². The number of hydrogen-bond donors (Lipinski definition) is 2. The Hall–Kier alpha value is -1.95. The molecular formula is C18H27N3O3. The van der Waals surface area contributed by atoms with Crippen molar-refractivity contribution >= 4 is 5.96 Å². The van der Waals surface area contributed by atoms with Crippen LogP contribution in [0.15, 0.2) is 23.2 Å². The average molecular weight is 333 g/mol. The van der Waals surface area contributed by atoms with Gasteiger partial charge in [0.2, 0.25) is 6.79 Å². The lowest BCUT2D eigenvalue weighted by atomic mass is 10.1. The zero-order valence-electron chi connectivity index (χ0n) is 14.5. The second-order valence-electron chi connectivity index (χ2n) is 6.50. The molecular weight excluding hydrogens is 306 g/mol. The average Bonchev–Trinajstić information content (AvgIpc) is 3.19. The molecule has 3 rings (SSSR count). The molecule has 0 radical (unpaired) electrons. The lowest BCUT2D eigenvalue weighted by Gasteiger charge is -2.23. The minimum Gasteiger partial charge on any atom is -0.454 e. The lowest BCUT2D eigenvalue weighted by molar-refractivity contribution is 0.136. The van der Waals surface area contributed by atoms with Crippen molar-refractivity contribution in [3.05, 3.63) is 23.8 Å². The van der Waals surface area contributed by atoms with Crippen molar-refractivity contribution in [1.29, 1.82) is 0 Å². The number of benzene rings is 1. The SMILES string of the molecule is CCNC(=NCC1CCCC1O)N(C)Cc1ccc2c(c1)OCO2. The Labute approximate surface area is 143 Å². The number of aliphatic hydroxyl groups is 1. The number of guanidine groups is 1. The summed E-state index contributed by atoms with van der Waals surface area (Å²) in [6, 6.07) is 6.02. The van der Waals surface area contributed by atoms with E-state index < -0.39 is 0 Å². The van der Waals surface area contributed by atoms with E-state index in [9.17, 15) is 5.11 Å². The topological polar surface area (TPSA) is 66.3 Å². The second-order valence-corrected chi connectivity index (χ2v) is 6.50. The van der Waals surface area contributed by atoms with Crippen LogP contribution in [0.2, 0.25) is 0 Å². The molecule has 0 bridgehead atoms. The number of aliphatic imine (C=N–C) groups is 1. The molecule has 2 aliphatic rings. The number of nitrogens with one attached hydrogen (secondary N) is 1. The molecule has 1 aromatic rings. The maximum atomic E-state index is 9.97. The molecule has 1 aromatic carbocycles. The summed E-state index contributed by atoms with van der Waals surface area (Å²) in [5.74, 6) is 2.76. The van der Waals surface area contributed by atoms with Gasteiger partial charge in [0.25, 0.3) is 0 Å². The van der Waals surface area contributed by atoms with Crippen molar-refractivity contribution in [2.24, 2.45) is 10.9 Å². The first kappa shape index (κ1) is 16.9. The summed E-state index contributed by atoms with van der Waals surface area (Å²) in [5, 5.41) is 13.3. The van der Waals surface area contributed by atoms with Crippen molar-refractivity contribution in [3.63, 3.8) is 0 Å². The van der Waals surface area contributed by atoms with E-state index in [4.69, 9.17) is 14.5 Å². The summed E-state index contributed by atoms with van der Waals surface area (Å²) in [6.07, 6.45) is 2.88. The molecule has 6 heteroatoms. The maximum Gasteiger partial charge on any atom is 0.231 e. The number of nitrogens with zero attached hydrogens (tertiary/aromatic N) is 2. The van der Waals surface area contributed by atoms with Gasteiger partial charge < -0.3 is 24.8 Å². The standard InChI is InChI=1S/C18H27N3O3/c1-3-19-18(20-10-14-5-4-6-15(14)22)21(2)11-13-7-8-16-17(9-13)24-12-23-16/h7-9,14-15,22H,3-6,10-12H2,1-2H3,(H,19,20). The van der Waals surface area contributed by atoms with Gasteiger partial charge in [-0.25, -0.2) is 0 Å². The van der Waals surface area contributed by atoms with Crippen LogP contribution in [0.25, 0.3) is 0 Å². The molecule has 1 fully saturated rings. The normalized spacial score (nSPS) is 22.7. The van der Waals surface area contributed by atoms with Crippen LogP contribution in [0.4, 0.5) is 0 Å². The molecule has 24 heavy (non-hydrogen) atoms. The van der Waals surface area contributed by atoms with E-state index in [1.165, 1.54) is 0 Å². The predicted molar refractivity (Wildman–Crippen MR) is 93.4 cm³/mol. The fourth-order valence-corrected chi connectivity index (χ4v) is 3.29. The summed E-state index contributed by atoms with van der Waals surface area (Å²) < 4.78 is 10.8. The number of aliphatic hydroxyl groups excluding tert-OH is 1. The fourth-order valence-electron chi connectivity index (χ4n) is 3.29. The monoisotopic (exact) mass is 333 g/mol. The summed E-state index contributed by atoms with van der Waals surface area (Å²) in [7, 11) is 2.02. The van der Waals surface area contributed by atoms with Gasteiger partial charge >= 0.3 is 0 Å². The van der Waals surface area contributed by atoms with Crippen LogP contribution in [0.3, 0.4) is 0 Å². The molecule has 0 amide bonds. The van der Waals surface area contributed by atoms with Gasteiger partial charge in [-0.3, -0.25) is 4.99 Å².